The minimum atomic E-state index is -1.51. The van der Waals surface area contributed by atoms with Crippen LogP contribution >= 0.6 is 23.2 Å². The molecule has 0 bridgehead atoms. The molecule has 0 saturated carbocycles. The summed E-state index contributed by atoms with van der Waals surface area (Å²) < 4.78 is 18.0. The molecule has 30 heavy (non-hydrogen) atoms. The molecule has 11 heteroatoms. The van der Waals surface area contributed by atoms with Crippen molar-refractivity contribution in [2.45, 2.75) is 44.4 Å². The maximum Gasteiger partial charge on any atom is 0.410 e. The van der Waals surface area contributed by atoms with Gasteiger partial charge in [-0.15, -0.1) is 0 Å². The van der Waals surface area contributed by atoms with Crippen LogP contribution in [-0.4, -0.2) is 59.1 Å². The van der Waals surface area contributed by atoms with Gasteiger partial charge < -0.3 is 15.2 Å². The van der Waals surface area contributed by atoms with Gasteiger partial charge in [-0.25, -0.2) is 9.18 Å². The number of amides is 2. The number of alkyl halides is 1. The fraction of sp³-hybridized carbons (Fsp3) is 0.474. The van der Waals surface area contributed by atoms with Gasteiger partial charge in [0.2, 0.25) is 5.91 Å². The Bertz CT molecular complexity index is 822. The summed E-state index contributed by atoms with van der Waals surface area (Å²) in [6.45, 7) is -1.33. The third kappa shape index (κ3) is 6.30. The summed E-state index contributed by atoms with van der Waals surface area (Å²) in [5.74, 6) is -3.15. The third-order valence-corrected chi connectivity index (χ3v) is 5.50. The zero-order chi connectivity index (χ0) is 22.3. The molecule has 2 rings (SSSR count). The molecule has 1 aliphatic heterocycles. The van der Waals surface area contributed by atoms with E-state index in [-0.39, 0.29) is 18.2 Å². The molecule has 1 aliphatic rings. The summed E-state index contributed by atoms with van der Waals surface area (Å²) in [6.07, 6.45) is 0.0560. The van der Waals surface area contributed by atoms with Crippen molar-refractivity contribution < 1.29 is 33.4 Å². The number of aliphatic carboxylic acids is 1. The van der Waals surface area contributed by atoms with Gasteiger partial charge in [0.15, 0.2) is 5.78 Å². The number of ketones is 1. The average Bonchev–Trinajstić information content (AvgIpc) is 2.73. The Morgan fingerprint density at radius 2 is 2.00 bits per heavy atom. The Labute approximate surface area is 182 Å². The van der Waals surface area contributed by atoms with Crippen molar-refractivity contribution in [1.82, 2.24) is 10.2 Å². The molecule has 1 aromatic carbocycles. The number of carboxylic acid groups (broad SMARTS) is 1. The number of carboxylic acids is 1. The molecule has 1 fully saturated rings. The normalized spacial score (nSPS) is 17.2. The van der Waals surface area contributed by atoms with E-state index in [1.807, 2.05) is 0 Å². The Kier molecular flexibility index (Phi) is 8.86. The van der Waals surface area contributed by atoms with Crippen LogP contribution in [0.15, 0.2) is 18.2 Å². The second kappa shape index (κ2) is 11.1. The van der Waals surface area contributed by atoms with Crippen LogP contribution < -0.4 is 5.32 Å². The molecule has 0 aromatic heterocycles. The van der Waals surface area contributed by atoms with Crippen molar-refractivity contribution in [1.29, 1.82) is 0 Å². The number of nitrogens with zero attached hydrogens (tertiary/aromatic N) is 1. The number of hydrogen-bond donors (Lipinski definition) is 2. The molecule has 8 nitrogen and oxygen atoms in total. The van der Waals surface area contributed by atoms with Crippen LogP contribution in [0.3, 0.4) is 0 Å². The first-order chi connectivity index (χ1) is 14.2. The number of rotatable bonds is 8. The highest BCUT2D eigenvalue weighted by molar-refractivity contribution is 6.42. The highest BCUT2D eigenvalue weighted by Gasteiger charge is 2.35. The van der Waals surface area contributed by atoms with E-state index in [1.165, 1.54) is 4.90 Å². The molecule has 0 aliphatic carbocycles. The van der Waals surface area contributed by atoms with Crippen molar-refractivity contribution in [3.63, 3.8) is 0 Å². The standard InChI is InChI=1S/C19H21Cl2FN2O6/c20-12-5-3-4-11(17(12)21)10-30-19(29)24-7-2-1-6-14(24)18(28)23-13(8-16(26)27)15(25)9-22/h3-5,13-14H,1-2,6-10H2,(H,23,28)(H,26,27)/t13?,14-/m0/s1. The van der Waals surface area contributed by atoms with Crippen LogP contribution in [0, 0.1) is 0 Å². The average molecular weight is 463 g/mol. The molecule has 0 spiro atoms. The highest BCUT2D eigenvalue weighted by atomic mass is 35.5. The van der Waals surface area contributed by atoms with Crippen LogP contribution in [0.4, 0.5) is 9.18 Å². The van der Waals surface area contributed by atoms with Crippen molar-refractivity contribution in [2.24, 2.45) is 0 Å². The lowest BCUT2D eigenvalue weighted by Crippen LogP contribution is -2.55. The van der Waals surface area contributed by atoms with E-state index >= 15 is 0 Å². The summed E-state index contributed by atoms with van der Waals surface area (Å²) in [7, 11) is 0. The van der Waals surface area contributed by atoms with Gasteiger partial charge in [0.25, 0.3) is 0 Å². The van der Waals surface area contributed by atoms with E-state index in [1.54, 1.807) is 18.2 Å². The second-order valence-electron chi connectivity index (χ2n) is 6.73. The van der Waals surface area contributed by atoms with Crippen molar-refractivity contribution in [3.8, 4) is 0 Å². The Morgan fingerprint density at radius 3 is 2.67 bits per heavy atom. The number of benzene rings is 1. The maximum atomic E-state index is 12.7. The molecule has 1 saturated heterocycles. The zero-order valence-electron chi connectivity index (χ0n) is 15.9. The number of halogens is 3. The predicted octanol–water partition coefficient (Wildman–Crippen LogP) is 2.98. The SMILES string of the molecule is O=C(O)CC(NC(=O)[C@@H]1CCCCN1C(=O)OCc1cccc(Cl)c1Cl)C(=O)CF. The van der Waals surface area contributed by atoms with E-state index in [4.69, 9.17) is 33.0 Å². The van der Waals surface area contributed by atoms with E-state index in [2.05, 4.69) is 5.32 Å². The lowest BCUT2D eigenvalue weighted by molar-refractivity contribution is -0.140. The van der Waals surface area contributed by atoms with Crippen LogP contribution in [0.5, 0.6) is 0 Å². The lowest BCUT2D eigenvalue weighted by atomic mass is 10.0. The van der Waals surface area contributed by atoms with Crippen molar-refractivity contribution in [3.05, 3.63) is 33.8 Å². The van der Waals surface area contributed by atoms with Crippen molar-refractivity contribution >= 4 is 47.0 Å². The van der Waals surface area contributed by atoms with Crippen LogP contribution in [0.2, 0.25) is 10.0 Å². The fourth-order valence-corrected chi connectivity index (χ4v) is 3.46. The van der Waals surface area contributed by atoms with Gasteiger partial charge in [-0.05, 0) is 25.3 Å². The molecular weight excluding hydrogens is 442 g/mol. The topological polar surface area (TPSA) is 113 Å². The number of carbonyl (C=O) groups is 4. The van der Waals surface area contributed by atoms with Gasteiger partial charge in [0.05, 0.1) is 16.5 Å². The van der Waals surface area contributed by atoms with E-state index < -0.39 is 48.9 Å². The van der Waals surface area contributed by atoms with E-state index in [0.717, 1.165) is 0 Å². The number of ether oxygens (including phenoxy) is 1. The van der Waals surface area contributed by atoms with Gasteiger partial charge >= 0.3 is 12.1 Å². The van der Waals surface area contributed by atoms with E-state index in [9.17, 15) is 23.6 Å². The Hall–Kier alpha value is -2.39. The number of likely N-dealkylation sites (tertiary alicyclic amines) is 1. The molecule has 1 aromatic rings. The van der Waals surface area contributed by atoms with Crippen LogP contribution in [0.1, 0.15) is 31.2 Å². The van der Waals surface area contributed by atoms with Crippen molar-refractivity contribution in [2.75, 3.05) is 13.2 Å². The first-order valence-electron chi connectivity index (χ1n) is 9.21. The first-order valence-corrected chi connectivity index (χ1v) is 9.97. The highest BCUT2D eigenvalue weighted by Crippen LogP contribution is 2.26. The molecule has 2 amide bonds. The number of Topliss-reactive ketones (excluding diaryl/α,β-unsaturated/α-hetero) is 1. The smallest absolute Gasteiger partial charge is 0.410 e. The lowest BCUT2D eigenvalue weighted by Gasteiger charge is -2.34. The van der Waals surface area contributed by atoms with Gasteiger partial charge in [-0.3, -0.25) is 19.3 Å². The zero-order valence-corrected chi connectivity index (χ0v) is 17.4. The molecule has 0 radical (unpaired) electrons. The molecule has 1 heterocycles. The summed E-state index contributed by atoms with van der Waals surface area (Å²) in [6, 6.07) is 2.40. The van der Waals surface area contributed by atoms with Gasteiger partial charge in [-0.2, -0.15) is 0 Å². The molecular formula is C19H21Cl2FN2O6. The number of hydrogen-bond acceptors (Lipinski definition) is 5. The molecule has 2 N–H and O–H groups in total. The largest absolute Gasteiger partial charge is 0.481 e. The fourth-order valence-electron chi connectivity index (χ4n) is 3.09. The molecule has 2 atom stereocenters. The van der Waals surface area contributed by atoms with Gasteiger partial charge in [0, 0.05) is 12.1 Å². The molecule has 1 unspecified atom stereocenters. The Balaban J connectivity index is 2.06. The van der Waals surface area contributed by atoms with Gasteiger partial charge in [-0.1, -0.05) is 35.3 Å². The van der Waals surface area contributed by atoms with Crippen LogP contribution in [-0.2, 0) is 25.7 Å². The minimum absolute atomic E-state index is 0.162. The van der Waals surface area contributed by atoms with E-state index in [0.29, 0.717) is 29.8 Å². The predicted molar refractivity (Wildman–Crippen MR) is 106 cm³/mol. The Morgan fingerprint density at radius 1 is 1.27 bits per heavy atom. The molecule has 164 valence electrons. The number of nitrogens with one attached hydrogen (secondary N) is 1. The first kappa shape index (κ1) is 23.9. The summed E-state index contributed by atoms with van der Waals surface area (Å²) >= 11 is 12.0. The summed E-state index contributed by atoms with van der Waals surface area (Å²) in [5.41, 5.74) is 0.491. The summed E-state index contributed by atoms with van der Waals surface area (Å²) in [4.78, 5) is 48.9. The summed E-state index contributed by atoms with van der Waals surface area (Å²) in [5, 5.41) is 11.7. The van der Waals surface area contributed by atoms with Gasteiger partial charge in [0.1, 0.15) is 25.4 Å². The monoisotopic (exact) mass is 462 g/mol. The maximum absolute atomic E-state index is 12.7. The minimum Gasteiger partial charge on any atom is -0.481 e. The number of piperidine rings is 1. The second-order valence-corrected chi connectivity index (χ2v) is 7.52. The third-order valence-electron chi connectivity index (χ3n) is 4.64. The number of carbonyl (C=O) groups excluding carboxylic acids is 3. The van der Waals surface area contributed by atoms with Crippen LogP contribution in [0.25, 0.3) is 0 Å². The quantitative estimate of drug-likeness (QED) is 0.613.